The van der Waals surface area contributed by atoms with E-state index < -0.39 is 12.3 Å². The van der Waals surface area contributed by atoms with Crippen LogP contribution in [0.2, 0.25) is 0 Å². The molecule has 1 unspecified atom stereocenters. The molecule has 1 rings (SSSR count). The average Bonchev–Trinajstić information content (AvgIpc) is 2.16. The highest BCUT2D eigenvalue weighted by Gasteiger charge is 2.38. The van der Waals surface area contributed by atoms with Crippen LogP contribution in [0.25, 0.3) is 0 Å². The van der Waals surface area contributed by atoms with Gasteiger partial charge in [-0.15, -0.1) is 0 Å². The number of nitrogens with one attached hydrogen (secondary N) is 1. The Morgan fingerprint density at radius 3 is 2.44 bits per heavy atom. The van der Waals surface area contributed by atoms with E-state index in [0.29, 0.717) is 0 Å². The summed E-state index contributed by atoms with van der Waals surface area (Å²) in [6, 6.07) is 5.87. The molecule has 0 amide bonds. The summed E-state index contributed by atoms with van der Waals surface area (Å²) in [6.07, 6.45) is -6.38. The highest BCUT2D eigenvalue weighted by atomic mass is 19.4. The van der Waals surface area contributed by atoms with Gasteiger partial charge in [-0.05, 0) is 19.1 Å². The van der Waals surface area contributed by atoms with Gasteiger partial charge in [-0.3, -0.25) is 5.41 Å². The Kier molecular flexibility index (Phi) is 3.41. The van der Waals surface area contributed by atoms with Gasteiger partial charge in [-0.25, -0.2) is 0 Å². The van der Waals surface area contributed by atoms with Gasteiger partial charge in [0.15, 0.2) is 6.10 Å². The minimum atomic E-state index is -4.44. The van der Waals surface area contributed by atoms with Crippen LogP contribution in [-0.4, -0.2) is 18.1 Å². The van der Waals surface area contributed by atoms with Crippen molar-refractivity contribution in [3.63, 3.8) is 0 Å². The van der Waals surface area contributed by atoms with E-state index in [1.165, 1.54) is 18.2 Å². The Balaban J connectivity index is 2.93. The van der Waals surface area contributed by atoms with Gasteiger partial charge in [0.25, 0.3) is 0 Å². The number of rotatable bonds is 3. The molecule has 3 N–H and O–H groups in total. The first-order valence-corrected chi connectivity index (χ1v) is 4.49. The van der Waals surface area contributed by atoms with Crippen LogP contribution in [0.3, 0.4) is 0 Å². The van der Waals surface area contributed by atoms with Gasteiger partial charge in [0, 0.05) is 0 Å². The lowest BCUT2D eigenvalue weighted by molar-refractivity contribution is -0.189. The molecule has 88 valence electrons. The second-order valence-corrected chi connectivity index (χ2v) is 3.21. The van der Waals surface area contributed by atoms with Crippen LogP contribution < -0.4 is 10.5 Å². The Hall–Kier alpha value is -1.72. The zero-order chi connectivity index (χ0) is 12.3. The fourth-order valence-corrected chi connectivity index (χ4v) is 1.05. The lowest BCUT2D eigenvalue weighted by Crippen LogP contribution is -2.31. The third-order valence-corrected chi connectivity index (χ3v) is 1.94. The van der Waals surface area contributed by atoms with Crippen LogP contribution in [0, 0.1) is 5.41 Å². The number of ether oxygens (including phenoxy) is 1. The van der Waals surface area contributed by atoms with Crippen molar-refractivity contribution in [2.24, 2.45) is 5.73 Å². The molecule has 0 heterocycles. The van der Waals surface area contributed by atoms with Gasteiger partial charge in [-0.1, -0.05) is 12.1 Å². The van der Waals surface area contributed by atoms with E-state index >= 15 is 0 Å². The molecule has 0 radical (unpaired) electrons. The first-order chi connectivity index (χ1) is 7.32. The van der Waals surface area contributed by atoms with Gasteiger partial charge in [0.2, 0.25) is 0 Å². The van der Waals surface area contributed by atoms with Gasteiger partial charge in [0.1, 0.15) is 11.6 Å². The van der Waals surface area contributed by atoms with E-state index in [1.807, 2.05) is 0 Å². The third-order valence-electron chi connectivity index (χ3n) is 1.94. The molecule has 0 spiro atoms. The number of nitrogen functional groups attached to an aromatic ring is 1. The van der Waals surface area contributed by atoms with Gasteiger partial charge in [-0.2, -0.15) is 13.2 Å². The fraction of sp³-hybridized carbons (Fsp3) is 0.300. The predicted molar refractivity (Wildman–Crippen MR) is 53.6 cm³/mol. The average molecular weight is 232 g/mol. The van der Waals surface area contributed by atoms with E-state index in [9.17, 15) is 13.2 Å². The number of hydrogen-bond acceptors (Lipinski definition) is 2. The Morgan fingerprint density at radius 1 is 1.38 bits per heavy atom. The van der Waals surface area contributed by atoms with E-state index in [1.54, 1.807) is 6.07 Å². The van der Waals surface area contributed by atoms with E-state index in [4.69, 9.17) is 15.9 Å². The summed E-state index contributed by atoms with van der Waals surface area (Å²) in [5.41, 5.74) is 5.37. The Bertz CT molecular complexity index is 390. The largest absolute Gasteiger partial charge is 0.480 e. The van der Waals surface area contributed by atoms with E-state index in [-0.39, 0.29) is 17.1 Å². The number of para-hydroxylation sites is 1. The zero-order valence-electron chi connectivity index (χ0n) is 8.51. The minimum absolute atomic E-state index is 0.0418. The third kappa shape index (κ3) is 2.88. The van der Waals surface area contributed by atoms with Crippen molar-refractivity contribution in [2.45, 2.75) is 19.2 Å². The van der Waals surface area contributed by atoms with Gasteiger partial charge in [0.05, 0.1) is 5.56 Å². The van der Waals surface area contributed by atoms with Gasteiger partial charge >= 0.3 is 6.18 Å². The summed E-state index contributed by atoms with van der Waals surface area (Å²) in [6.45, 7) is 0.900. The van der Waals surface area contributed by atoms with Crippen molar-refractivity contribution in [2.75, 3.05) is 0 Å². The van der Waals surface area contributed by atoms with E-state index in [0.717, 1.165) is 6.92 Å². The standard InChI is InChI=1S/C10H11F3N2O/c1-6(10(11,12)13)16-8-5-3-2-4-7(8)9(14)15/h2-6H,1H3,(H3,14,15). The number of hydrogen-bond donors (Lipinski definition) is 2. The minimum Gasteiger partial charge on any atom is -0.480 e. The summed E-state index contributed by atoms with van der Waals surface area (Å²) in [7, 11) is 0. The molecule has 1 atom stereocenters. The van der Waals surface area contributed by atoms with Crippen molar-refractivity contribution in [1.29, 1.82) is 5.41 Å². The van der Waals surface area contributed by atoms with Crippen molar-refractivity contribution in [3.05, 3.63) is 29.8 Å². The molecule has 6 heteroatoms. The summed E-state index contributed by atoms with van der Waals surface area (Å²) in [5, 5.41) is 7.19. The summed E-state index contributed by atoms with van der Waals surface area (Å²) in [4.78, 5) is 0. The molecule has 0 aliphatic rings. The van der Waals surface area contributed by atoms with Crippen molar-refractivity contribution >= 4 is 5.84 Å². The van der Waals surface area contributed by atoms with Crippen LogP contribution >= 0.6 is 0 Å². The van der Waals surface area contributed by atoms with Crippen LogP contribution in [0.15, 0.2) is 24.3 Å². The Morgan fingerprint density at radius 2 is 1.94 bits per heavy atom. The molecule has 0 fully saturated rings. The monoisotopic (exact) mass is 232 g/mol. The second-order valence-electron chi connectivity index (χ2n) is 3.21. The van der Waals surface area contributed by atoms with Crippen LogP contribution in [0.4, 0.5) is 13.2 Å². The first kappa shape index (κ1) is 12.4. The maximum Gasteiger partial charge on any atom is 0.425 e. The SMILES string of the molecule is CC(Oc1ccccc1C(=N)N)C(F)(F)F. The van der Waals surface area contributed by atoms with Crippen molar-refractivity contribution in [3.8, 4) is 5.75 Å². The molecule has 0 aliphatic carbocycles. The summed E-state index contributed by atoms with van der Waals surface area (Å²) >= 11 is 0. The second kappa shape index (κ2) is 4.42. The summed E-state index contributed by atoms with van der Waals surface area (Å²) in [5.74, 6) is -0.371. The van der Waals surface area contributed by atoms with Crippen LogP contribution in [0.1, 0.15) is 12.5 Å². The molecule has 3 nitrogen and oxygen atoms in total. The van der Waals surface area contributed by atoms with Crippen molar-refractivity contribution in [1.82, 2.24) is 0 Å². The topological polar surface area (TPSA) is 59.1 Å². The molecular formula is C10H11F3N2O. The highest BCUT2D eigenvalue weighted by Crippen LogP contribution is 2.26. The molecular weight excluding hydrogens is 221 g/mol. The van der Waals surface area contributed by atoms with Crippen LogP contribution in [-0.2, 0) is 0 Å². The lowest BCUT2D eigenvalue weighted by Gasteiger charge is -2.19. The fourth-order valence-electron chi connectivity index (χ4n) is 1.05. The molecule has 0 saturated carbocycles. The quantitative estimate of drug-likeness (QED) is 0.620. The Labute approximate surface area is 90.5 Å². The molecule has 1 aromatic carbocycles. The summed E-state index contributed by atoms with van der Waals surface area (Å²) < 4.78 is 41.5. The van der Waals surface area contributed by atoms with Gasteiger partial charge < -0.3 is 10.5 Å². The van der Waals surface area contributed by atoms with Crippen LogP contribution in [0.5, 0.6) is 5.75 Å². The number of amidine groups is 1. The first-order valence-electron chi connectivity index (χ1n) is 4.49. The number of halogens is 3. The molecule has 0 saturated heterocycles. The molecule has 0 bridgehead atoms. The lowest BCUT2D eigenvalue weighted by atomic mass is 10.2. The number of nitrogens with two attached hydrogens (primary N) is 1. The highest BCUT2D eigenvalue weighted by molar-refractivity contribution is 5.97. The predicted octanol–water partition coefficient (Wildman–Crippen LogP) is 2.30. The maximum absolute atomic E-state index is 12.3. The number of alkyl halides is 3. The smallest absolute Gasteiger partial charge is 0.425 e. The zero-order valence-corrected chi connectivity index (χ0v) is 8.51. The molecule has 16 heavy (non-hydrogen) atoms. The number of benzene rings is 1. The van der Waals surface area contributed by atoms with E-state index in [2.05, 4.69) is 0 Å². The molecule has 0 aromatic heterocycles. The molecule has 1 aromatic rings. The maximum atomic E-state index is 12.3. The van der Waals surface area contributed by atoms with Crippen molar-refractivity contribution < 1.29 is 17.9 Å². The molecule has 0 aliphatic heterocycles. The normalized spacial score (nSPS) is 13.2.